The van der Waals surface area contributed by atoms with Crippen LogP contribution in [-0.4, -0.2) is 11.0 Å². The molecule has 1 atom stereocenters. The summed E-state index contributed by atoms with van der Waals surface area (Å²) in [5.74, 6) is 0.886. The molecule has 32 heavy (non-hydrogen) atoms. The van der Waals surface area contributed by atoms with Crippen molar-refractivity contribution in [3.8, 4) is 11.8 Å². The van der Waals surface area contributed by atoms with Gasteiger partial charge in [0, 0.05) is 10.4 Å². The summed E-state index contributed by atoms with van der Waals surface area (Å²) in [5, 5.41) is 16.3. The molecule has 0 aliphatic heterocycles. The van der Waals surface area contributed by atoms with Gasteiger partial charge in [0.15, 0.2) is 5.11 Å². The van der Waals surface area contributed by atoms with Gasteiger partial charge in [-0.3, -0.25) is 10.1 Å². The average molecular weight is 462 g/mol. The first-order valence-electron chi connectivity index (χ1n) is 10.5. The van der Waals surface area contributed by atoms with E-state index < -0.39 is 0 Å². The smallest absolute Gasteiger partial charge is 0.257 e. The number of carbonyl (C=O) groups excluding carboxylic acids is 1. The van der Waals surface area contributed by atoms with Crippen molar-refractivity contribution in [1.29, 1.82) is 5.26 Å². The molecule has 5 nitrogen and oxygen atoms in total. The van der Waals surface area contributed by atoms with E-state index in [1.54, 1.807) is 29.5 Å². The van der Waals surface area contributed by atoms with Crippen LogP contribution in [0.15, 0.2) is 54.6 Å². The van der Waals surface area contributed by atoms with Crippen LogP contribution in [-0.2, 0) is 19.4 Å². The number of hydrogen-bond acceptors (Lipinski definition) is 5. The highest BCUT2D eigenvalue weighted by Crippen LogP contribution is 2.39. The van der Waals surface area contributed by atoms with Gasteiger partial charge < -0.3 is 10.1 Å². The first-order valence-corrected chi connectivity index (χ1v) is 11.7. The standard InChI is InChI=1S/C25H23N3O2S2/c1-16-10-11-20-21(14-26)24(32-22(20)12-16)28-25(31)27-23(29)18-8-5-9-19(13-18)30-15-17-6-3-2-4-7-17/h2-9,13,16H,10-12,15H2,1H3,(H2,27,28,29,31). The van der Waals surface area contributed by atoms with Gasteiger partial charge in [-0.15, -0.1) is 11.3 Å². The van der Waals surface area contributed by atoms with Crippen LogP contribution in [0.3, 0.4) is 0 Å². The Morgan fingerprint density at radius 2 is 2.06 bits per heavy atom. The largest absolute Gasteiger partial charge is 0.489 e. The summed E-state index contributed by atoms with van der Waals surface area (Å²) in [5.41, 5.74) is 3.26. The van der Waals surface area contributed by atoms with Crippen molar-refractivity contribution in [3.05, 3.63) is 81.7 Å². The number of nitrogens with one attached hydrogen (secondary N) is 2. The fraction of sp³-hybridized carbons (Fsp3) is 0.240. The summed E-state index contributed by atoms with van der Waals surface area (Å²) < 4.78 is 5.81. The number of benzene rings is 2. The summed E-state index contributed by atoms with van der Waals surface area (Å²) in [4.78, 5) is 13.9. The number of anilines is 1. The van der Waals surface area contributed by atoms with Crippen LogP contribution >= 0.6 is 23.6 Å². The number of fused-ring (bicyclic) bond motifs is 1. The zero-order valence-corrected chi connectivity index (χ0v) is 19.3. The Hall–Kier alpha value is -3.21. The van der Waals surface area contributed by atoms with Gasteiger partial charge >= 0.3 is 0 Å². The van der Waals surface area contributed by atoms with Gasteiger partial charge in [0.05, 0.1) is 5.56 Å². The third-order valence-corrected chi connectivity index (χ3v) is 6.80. The number of carbonyl (C=O) groups is 1. The molecule has 1 aromatic heterocycles. The highest BCUT2D eigenvalue weighted by atomic mass is 32.1. The fourth-order valence-electron chi connectivity index (χ4n) is 3.73. The lowest BCUT2D eigenvalue weighted by atomic mass is 9.89. The molecule has 162 valence electrons. The maximum absolute atomic E-state index is 12.7. The predicted molar refractivity (Wildman–Crippen MR) is 131 cm³/mol. The van der Waals surface area contributed by atoms with Crippen LogP contribution in [0.25, 0.3) is 0 Å². The molecule has 0 spiro atoms. The summed E-state index contributed by atoms with van der Waals surface area (Å²) in [7, 11) is 0. The molecule has 3 aromatic rings. The van der Waals surface area contributed by atoms with Gasteiger partial charge in [-0.05, 0) is 66.7 Å². The van der Waals surface area contributed by atoms with Crippen LogP contribution < -0.4 is 15.4 Å². The molecule has 4 rings (SSSR count). The van der Waals surface area contributed by atoms with Crippen molar-refractivity contribution < 1.29 is 9.53 Å². The molecule has 1 aliphatic rings. The van der Waals surface area contributed by atoms with E-state index in [1.807, 2.05) is 36.4 Å². The number of thiocarbonyl (C=S) groups is 1. The molecule has 2 aromatic carbocycles. The van der Waals surface area contributed by atoms with E-state index in [2.05, 4.69) is 23.6 Å². The van der Waals surface area contributed by atoms with Crippen LogP contribution in [0.5, 0.6) is 5.75 Å². The number of amides is 1. The van der Waals surface area contributed by atoms with E-state index >= 15 is 0 Å². The lowest BCUT2D eigenvalue weighted by Gasteiger charge is -2.17. The van der Waals surface area contributed by atoms with Gasteiger partial charge in [0.25, 0.3) is 5.91 Å². The van der Waals surface area contributed by atoms with E-state index in [0.717, 1.165) is 30.4 Å². The lowest BCUT2D eigenvalue weighted by molar-refractivity contribution is 0.0977. The van der Waals surface area contributed by atoms with Gasteiger partial charge in [-0.25, -0.2) is 0 Å². The van der Waals surface area contributed by atoms with Crippen molar-refractivity contribution in [2.75, 3.05) is 5.32 Å². The fourth-order valence-corrected chi connectivity index (χ4v) is 5.36. The monoisotopic (exact) mass is 461 g/mol. The second kappa shape index (κ2) is 9.94. The summed E-state index contributed by atoms with van der Waals surface area (Å²) in [6.07, 6.45) is 2.97. The van der Waals surface area contributed by atoms with E-state index in [9.17, 15) is 10.1 Å². The molecule has 7 heteroatoms. The lowest BCUT2D eigenvalue weighted by Crippen LogP contribution is -2.34. The normalized spacial score (nSPS) is 14.7. The SMILES string of the molecule is CC1CCc2c(sc(NC(=S)NC(=O)c3cccc(OCc4ccccc4)c3)c2C#N)C1. The zero-order chi connectivity index (χ0) is 22.5. The molecular weight excluding hydrogens is 438 g/mol. The summed E-state index contributed by atoms with van der Waals surface area (Å²) in [6.45, 7) is 2.65. The Balaban J connectivity index is 1.39. The molecule has 1 aliphatic carbocycles. The Morgan fingerprint density at radius 3 is 2.84 bits per heavy atom. The molecule has 2 N–H and O–H groups in total. The van der Waals surface area contributed by atoms with Gasteiger partial charge in [-0.2, -0.15) is 5.26 Å². The number of nitrogens with zero attached hydrogens (tertiary/aromatic N) is 1. The number of rotatable bonds is 5. The minimum atomic E-state index is -0.332. The molecule has 0 radical (unpaired) electrons. The molecule has 0 saturated carbocycles. The van der Waals surface area contributed by atoms with Crippen molar-refractivity contribution in [2.45, 2.75) is 32.8 Å². The van der Waals surface area contributed by atoms with Crippen molar-refractivity contribution in [3.63, 3.8) is 0 Å². The van der Waals surface area contributed by atoms with Crippen LogP contribution in [0, 0.1) is 17.2 Å². The molecule has 0 fully saturated rings. The second-order valence-corrected chi connectivity index (χ2v) is 9.39. The molecule has 1 heterocycles. The van der Waals surface area contributed by atoms with Gasteiger partial charge in [0.2, 0.25) is 0 Å². The average Bonchev–Trinajstić information content (AvgIpc) is 3.14. The predicted octanol–water partition coefficient (Wildman–Crippen LogP) is 5.45. The van der Waals surface area contributed by atoms with E-state index in [4.69, 9.17) is 17.0 Å². The Labute approximate surface area is 197 Å². The van der Waals surface area contributed by atoms with Gasteiger partial charge in [0.1, 0.15) is 23.4 Å². The zero-order valence-electron chi connectivity index (χ0n) is 17.7. The minimum absolute atomic E-state index is 0.175. The maximum atomic E-state index is 12.7. The second-order valence-electron chi connectivity index (χ2n) is 7.88. The highest BCUT2D eigenvalue weighted by molar-refractivity contribution is 7.80. The summed E-state index contributed by atoms with van der Waals surface area (Å²) in [6, 6.07) is 19.1. The first kappa shape index (κ1) is 22.0. The molecule has 0 bridgehead atoms. The van der Waals surface area contributed by atoms with Crippen LogP contribution in [0.4, 0.5) is 5.00 Å². The number of thiophene rings is 1. The molecule has 1 amide bonds. The molecule has 1 unspecified atom stereocenters. The Morgan fingerprint density at radius 1 is 1.25 bits per heavy atom. The number of hydrogen-bond donors (Lipinski definition) is 2. The first-order chi connectivity index (χ1) is 15.5. The third kappa shape index (κ3) is 5.16. The van der Waals surface area contributed by atoms with E-state index in [-0.39, 0.29) is 11.0 Å². The van der Waals surface area contributed by atoms with Crippen molar-refractivity contribution >= 4 is 39.6 Å². The molecule has 0 saturated heterocycles. The Bertz CT molecular complexity index is 1180. The van der Waals surface area contributed by atoms with Crippen molar-refractivity contribution in [2.24, 2.45) is 5.92 Å². The van der Waals surface area contributed by atoms with E-state index in [1.165, 1.54) is 4.88 Å². The van der Waals surface area contributed by atoms with Gasteiger partial charge in [-0.1, -0.05) is 43.3 Å². The Kier molecular flexibility index (Phi) is 6.84. The maximum Gasteiger partial charge on any atom is 0.257 e. The minimum Gasteiger partial charge on any atom is -0.489 e. The van der Waals surface area contributed by atoms with E-state index in [0.29, 0.717) is 34.4 Å². The highest BCUT2D eigenvalue weighted by Gasteiger charge is 2.24. The van der Waals surface area contributed by atoms with Crippen LogP contribution in [0.2, 0.25) is 0 Å². The summed E-state index contributed by atoms with van der Waals surface area (Å²) >= 11 is 6.91. The third-order valence-electron chi connectivity index (χ3n) is 5.42. The van der Waals surface area contributed by atoms with Crippen molar-refractivity contribution in [1.82, 2.24) is 5.32 Å². The quantitative estimate of drug-likeness (QED) is 0.494. The number of nitriles is 1. The molecular formula is C25H23N3O2S2. The van der Waals surface area contributed by atoms with Crippen LogP contribution in [0.1, 0.15) is 45.3 Å². The topological polar surface area (TPSA) is 74.2 Å². The number of ether oxygens (including phenoxy) is 1.